The van der Waals surface area contributed by atoms with Crippen molar-refractivity contribution in [3.63, 3.8) is 0 Å². The fraction of sp³-hybridized carbons (Fsp3) is 0.333. The first kappa shape index (κ1) is 26.5. The van der Waals surface area contributed by atoms with Gasteiger partial charge in [-0.15, -0.1) is 11.3 Å². The van der Waals surface area contributed by atoms with Gasteiger partial charge in [-0.1, -0.05) is 29.8 Å². The van der Waals surface area contributed by atoms with Gasteiger partial charge in [-0.05, 0) is 48.7 Å². The summed E-state index contributed by atoms with van der Waals surface area (Å²) in [6.07, 6.45) is 4.09. The zero-order valence-corrected chi connectivity index (χ0v) is 23.8. The molecule has 0 spiro atoms. The normalized spacial score (nSPS) is 22.1. The second-order valence-electron chi connectivity index (χ2n) is 10.6. The first-order valence-electron chi connectivity index (χ1n) is 13.5. The SMILES string of the molecule is C[C@]1(c2ccc(Cl)cc2F)Oc2cccc(C3=CCN(Cc4nc5cc(C(=O)O)sc5n4C[C@@H]4CCO4)CC3)c2O1. The van der Waals surface area contributed by atoms with E-state index in [-0.39, 0.29) is 11.7 Å². The van der Waals surface area contributed by atoms with Gasteiger partial charge in [0.25, 0.3) is 5.79 Å². The Morgan fingerprint density at radius 1 is 1.27 bits per heavy atom. The standard InChI is InChI=1S/C30H27ClFN3O5S/c1-30(21-6-5-18(31)13-22(21)32)39-24-4-2-3-20(27(24)40-30)17-7-10-34(11-8-17)16-26-33-23-14-25(29(36)37)41-28(23)35(26)15-19-9-12-38-19/h2-7,13-14,19H,8-12,15-16H2,1H3,(H,36,37)/t19-,30-/m0/s1. The van der Waals surface area contributed by atoms with Crippen LogP contribution in [0.5, 0.6) is 11.5 Å². The topological polar surface area (TPSA) is 86.1 Å². The summed E-state index contributed by atoms with van der Waals surface area (Å²) in [6, 6.07) is 11.9. The number of halogens is 2. The van der Waals surface area contributed by atoms with Crippen LogP contribution in [0.25, 0.3) is 15.9 Å². The van der Waals surface area contributed by atoms with Crippen molar-refractivity contribution in [1.82, 2.24) is 14.5 Å². The van der Waals surface area contributed by atoms with Crippen molar-refractivity contribution in [1.29, 1.82) is 0 Å². The Hall–Kier alpha value is -3.44. The lowest BCUT2D eigenvalue weighted by molar-refractivity contribution is -0.0708. The van der Waals surface area contributed by atoms with Crippen LogP contribution in [0, 0.1) is 5.82 Å². The van der Waals surface area contributed by atoms with Gasteiger partial charge in [-0.2, -0.15) is 0 Å². The average molecular weight is 596 g/mol. The Morgan fingerprint density at radius 2 is 2.12 bits per heavy atom. The third kappa shape index (κ3) is 4.78. The molecule has 0 saturated carbocycles. The molecule has 3 aliphatic rings. The molecule has 2 aromatic heterocycles. The van der Waals surface area contributed by atoms with Crippen LogP contribution in [0.1, 0.15) is 46.4 Å². The fourth-order valence-corrected chi connectivity index (χ4v) is 6.78. The number of rotatable bonds is 7. The number of para-hydroxylation sites is 1. The van der Waals surface area contributed by atoms with Crippen molar-refractivity contribution in [3.05, 3.63) is 81.2 Å². The zero-order chi connectivity index (χ0) is 28.3. The number of ether oxygens (including phenoxy) is 3. The Balaban J connectivity index is 1.11. The molecular formula is C30H27ClFN3O5S. The Labute approximate surface area is 244 Å². The molecule has 7 rings (SSSR count). The van der Waals surface area contributed by atoms with Crippen LogP contribution < -0.4 is 9.47 Å². The van der Waals surface area contributed by atoms with Crippen molar-refractivity contribution in [2.24, 2.45) is 0 Å². The molecule has 5 heterocycles. The third-order valence-electron chi connectivity index (χ3n) is 7.90. The molecule has 2 aromatic carbocycles. The smallest absolute Gasteiger partial charge is 0.346 e. The predicted octanol–water partition coefficient (Wildman–Crippen LogP) is 6.31. The highest BCUT2D eigenvalue weighted by Gasteiger charge is 2.42. The number of hydrogen-bond donors (Lipinski definition) is 1. The van der Waals surface area contributed by atoms with Crippen LogP contribution in [0.4, 0.5) is 4.39 Å². The predicted molar refractivity (Wildman–Crippen MR) is 153 cm³/mol. The van der Waals surface area contributed by atoms with Gasteiger partial charge in [-0.3, -0.25) is 4.90 Å². The highest BCUT2D eigenvalue weighted by atomic mass is 35.5. The Bertz CT molecular complexity index is 1710. The summed E-state index contributed by atoms with van der Waals surface area (Å²) < 4.78 is 35.0. The van der Waals surface area contributed by atoms with Gasteiger partial charge < -0.3 is 23.9 Å². The van der Waals surface area contributed by atoms with E-state index >= 15 is 0 Å². The number of imidazole rings is 1. The number of aromatic carboxylic acids is 1. The molecule has 11 heteroatoms. The van der Waals surface area contributed by atoms with E-state index in [9.17, 15) is 14.3 Å². The highest BCUT2D eigenvalue weighted by Crippen LogP contribution is 2.49. The molecule has 0 aliphatic carbocycles. The molecular weight excluding hydrogens is 569 g/mol. The minimum absolute atomic E-state index is 0.129. The molecule has 41 heavy (non-hydrogen) atoms. The number of thiophene rings is 1. The lowest BCUT2D eigenvalue weighted by atomic mass is 9.98. The van der Waals surface area contributed by atoms with Gasteiger partial charge in [0.2, 0.25) is 0 Å². The number of carbonyl (C=O) groups is 1. The summed E-state index contributed by atoms with van der Waals surface area (Å²) >= 11 is 7.21. The van der Waals surface area contributed by atoms with E-state index in [1.54, 1.807) is 25.1 Å². The summed E-state index contributed by atoms with van der Waals surface area (Å²) in [5.74, 6) is -0.631. The van der Waals surface area contributed by atoms with Crippen molar-refractivity contribution >= 4 is 44.8 Å². The number of aromatic nitrogens is 2. The van der Waals surface area contributed by atoms with Crippen LogP contribution in [0.3, 0.4) is 0 Å². The molecule has 0 amide bonds. The number of hydrogen-bond acceptors (Lipinski definition) is 7. The molecule has 1 N–H and O–H groups in total. The second kappa shape index (κ2) is 10.1. The van der Waals surface area contributed by atoms with Gasteiger partial charge in [0.15, 0.2) is 11.5 Å². The van der Waals surface area contributed by atoms with Crippen LogP contribution >= 0.6 is 22.9 Å². The van der Waals surface area contributed by atoms with Crippen molar-refractivity contribution in [3.8, 4) is 11.5 Å². The molecule has 1 saturated heterocycles. The molecule has 3 aliphatic heterocycles. The minimum Gasteiger partial charge on any atom is -0.477 e. The molecule has 4 aromatic rings. The summed E-state index contributed by atoms with van der Waals surface area (Å²) in [4.78, 5) is 19.8. The Morgan fingerprint density at radius 3 is 2.83 bits per heavy atom. The van der Waals surface area contributed by atoms with Crippen LogP contribution in [0.2, 0.25) is 5.02 Å². The van der Waals surface area contributed by atoms with E-state index in [1.807, 2.05) is 18.2 Å². The van der Waals surface area contributed by atoms with Gasteiger partial charge in [0, 0.05) is 37.2 Å². The maximum absolute atomic E-state index is 14.8. The number of benzene rings is 2. The molecule has 8 nitrogen and oxygen atoms in total. The van der Waals surface area contributed by atoms with E-state index < -0.39 is 17.6 Å². The van der Waals surface area contributed by atoms with Gasteiger partial charge in [0.1, 0.15) is 26.9 Å². The van der Waals surface area contributed by atoms with Crippen molar-refractivity contribution in [2.75, 3.05) is 19.7 Å². The van der Waals surface area contributed by atoms with E-state index in [0.29, 0.717) is 46.5 Å². The first-order valence-corrected chi connectivity index (χ1v) is 14.7. The van der Waals surface area contributed by atoms with Crippen LogP contribution in [-0.2, 0) is 23.6 Å². The number of fused-ring (bicyclic) bond motifs is 2. The number of carboxylic acid groups (broad SMARTS) is 1. The summed E-state index contributed by atoms with van der Waals surface area (Å²) in [5.41, 5.74) is 3.07. The highest BCUT2D eigenvalue weighted by molar-refractivity contribution is 7.20. The number of nitrogens with zero attached hydrogens (tertiary/aromatic N) is 3. The molecule has 0 unspecified atom stereocenters. The first-order chi connectivity index (χ1) is 19.8. The maximum atomic E-state index is 14.8. The average Bonchev–Trinajstić information content (AvgIpc) is 3.57. The lowest BCUT2D eigenvalue weighted by Crippen LogP contribution is -2.33. The molecule has 1 fully saturated rings. The van der Waals surface area contributed by atoms with Gasteiger partial charge in [0.05, 0.1) is 24.8 Å². The molecule has 212 valence electrons. The second-order valence-corrected chi connectivity index (χ2v) is 12.1. The fourth-order valence-electron chi connectivity index (χ4n) is 5.66. The van der Waals surface area contributed by atoms with Crippen molar-refractivity contribution in [2.45, 2.75) is 44.7 Å². The maximum Gasteiger partial charge on any atom is 0.346 e. The quantitative estimate of drug-likeness (QED) is 0.268. The van der Waals surface area contributed by atoms with Gasteiger partial charge >= 0.3 is 5.97 Å². The van der Waals surface area contributed by atoms with E-state index in [2.05, 4.69) is 15.5 Å². The van der Waals surface area contributed by atoms with E-state index in [0.717, 1.165) is 47.8 Å². The number of carboxylic acids is 1. The summed E-state index contributed by atoms with van der Waals surface area (Å²) in [7, 11) is 0. The molecule has 2 atom stereocenters. The lowest BCUT2D eigenvalue weighted by Gasteiger charge is -2.29. The van der Waals surface area contributed by atoms with E-state index in [4.69, 9.17) is 30.8 Å². The Kier molecular flexibility index (Phi) is 6.54. The summed E-state index contributed by atoms with van der Waals surface area (Å²) in [6.45, 7) is 5.29. The van der Waals surface area contributed by atoms with Crippen LogP contribution in [-0.4, -0.2) is 51.3 Å². The minimum atomic E-state index is -1.30. The van der Waals surface area contributed by atoms with Crippen molar-refractivity contribution < 1.29 is 28.5 Å². The van der Waals surface area contributed by atoms with Gasteiger partial charge in [-0.25, -0.2) is 14.2 Å². The third-order valence-corrected chi connectivity index (χ3v) is 9.27. The summed E-state index contributed by atoms with van der Waals surface area (Å²) in [5, 5.41) is 9.76. The largest absolute Gasteiger partial charge is 0.477 e. The van der Waals surface area contributed by atoms with Crippen LogP contribution in [0.15, 0.2) is 48.5 Å². The molecule has 0 radical (unpaired) electrons. The van der Waals surface area contributed by atoms with E-state index in [1.165, 1.54) is 17.4 Å². The monoisotopic (exact) mass is 595 g/mol. The molecule has 0 bridgehead atoms. The zero-order valence-electron chi connectivity index (χ0n) is 22.2.